The smallest absolute Gasteiger partial charge is 0.251 e. The molecule has 1 saturated heterocycles. The molecule has 3 rings (SSSR count). The maximum absolute atomic E-state index is 12.4. The Morgan fingerprint density at radius 1 is 1.31 bits per heavy atom. The first-order chi connectivity index (χ1) is 12.4. The number of methoxy groups -OCH3 is 1. The highest BCUT2D eigenvalue weighted by atomic mass is 35.5. The number of pyridine rings is 1. The predicted octanol–water partition coefficient (Wildman–Crippen LogP) is 2.40. The predicted molar refractivity (Wildman–Crippen MR) is 100 cm³/mol. The lowest BCUT2D eigenvalue weighted by Crippen LogP contribution is -2.35. The molecule has 0 spiro atoms. The van der Waals surface area contributed by atoms with Crippen LogP contribution in [0.25, 0.3) is 0 Å². The van der Waals surface area contributed by atoms with Gasteiger partial charge in [0, 0.05) is 23.5 Å². The molecule has 26 heavy (non-hydrogen) atoms. The highest BCUT2D eigenvalue weighted by Crippen LogP contribution is 2.28. The van der Waals surface area contributed by atoms with Crippen LogP contribution in [0, 0.1) is 0 Å². The van der Waals surface area contributed by atoms with Gasteiger partial charge in [-0.15, -0.1) is 0 Å². The van der Waals surface area contributed by atoms with Crippen LogP contribution in [-0.4, -0.2) is 44.0 Å². The summed E-state index contributed by atoms with van der Waals surface area (Å²) in [5.74, 6) is 0.798. The molecule has 2 heterocycles. The van der Waals surface area contributed by atoms with Gasteiger partial charge in [0.05, 0.1) is 23.6 Å². The maximum Gasteiger partial charge on any atom is 0.251 e. The maximum atomic E-state index is 12.4. The summed E-state index contributed by atoms with van der Waals surface area (Å²) in [6.45, 7) is 0. The van der Waals surface area contributed by atoms with Crippen molar-refractivity contribution in [3.63, 3.8) is 0 Å². The number of anilines is 2. The van der Waals surface area contributed by atoms with Crippen molar-refractivity contribution in [3.05, 3.63) is 47.1 Å². The van der Waals surface area contributed by atoms with Gasteiger partial charge in [-0.25, -0.2) is 13.4 Å². The fraction of sp³-hybridized carbons (Fsp3) is 0.294. The van der Waals surface area contributed by atoms with E-state index in [2.05, 4.69) is 15.6 Å². The average Bonchev–Trinajstić information content (AvgIpc) is 2.94. The number of nitrogens with one attached hydrogen (secondary N) is 2. The van der Waals surface area contributed by atoms with Gasteiger partial charge in [0.15, 0.2) is 9.84 Å². The molecule has 7 nitrogen and oxygen atoms in total. The first-order valence-electron chi connectivity index (χ1n) is 7.94. The molecule has 2 N–H and O–H groups in total. The van der Waals surface area contributed by atoms with Crippen molar-refractivity contribution in [1.82, 2.24) is 10.3 Å². The van der Waals surface area contributed by atoms with E-state index in [0.29, 0.717) is 34.3 Å². The second-order valence-corrected chi connectivity index (χ2v) is 8.61. The van der Waals surface area contributed by atoms with Crippen LogP contribution in [0.15, 0.2) is 36.5 Å². The number of halogens is 1. The average molecular weight is 396 g/mol. The number of sulfone groups is 1. The zero-order chi connectivity index (χ0) is 18.7. The third kappa shape index (κ3) is 4.44. The standard InChI is InChI=1S/C17H18ClN3O4S/c1-25-15-3-2-12(9-14(15)18)20-16-8-11(4-6-19-16)17(22)21-13-5-7-26(23,24)10-13/h2-4,6,8-9,13H,5,7,10H2,1H3,(H,19,20)(H,21,22). The number of hydrogen-bond acceptors (Lipinski definition) is 6. The summed E-state index contributed by atoms with van der Waals surface area (Å²) in [6, 6.07) is 8.02. The van der Waals surface area contributed by atoms with Crippen molar-refractivity contribution >= 4 is 38.9 Å². The Morgan fingerprint density at radius 3 is 2.77 bits per heavy atom. The summed E-state index contributed by atoms with van der Waals surface area (Å²) in [5, 5.41) is 6.28. The third-order valence-corrected chi connectivity index (χ3v) is 6.08. The number of rotatable bonds is 5. The Bertz CT molecular complexity index is 933. The van der Waals surface area contributed by atoms with E-state index in [1.807, 2.05) is 0 Å². The molecule has 1 aliphatic rings. The van der Waals surface area contributed by atoms with Crippen LogP contribution in [-0.2, 0) is 9.84 Å². The molecular formula is C17H18ClN3O4S. The highest BCUT2D eigenvalue weighted by molar-refractivity contribution is 7.91. The van der Waals surface area contributed by atoms with Gasteiger partial charge < -0.3 is 15.4 Å². The molecule has 9 heteroatoms. The second kappa shape index (κ2) is 7.51. The van der Waals surface area contributed by atoms with E-state index in [-0.39, 0.29) is 23.5 Å². The number of carbonyl (C=O) groups is 1. The van der Waals surface area contributed by atoms with Gasteiger partial charge in [-0.1, -0.05) is 11.6 Å². The van der Waals surface area contributed by atoms with Crippen molar-refractivity contribution in [2.45, 2.75) is 12.5 Å². The number of aromatic nitrogens is 1. The normalized spacial score (nSPS) is 18.3. The minimum absolute atomic E-state index is 0.0146. The van der Waals surface area contributed by atoms with Crippen LogP contribution < -0.4 is 15.4 Å². The summed E-state index contributed by atoms with van der Waals surface area (Å²) < 4.78 is 28.1. The van der Waals surface area contributed by atoms with Gasteiger partial charge in [-0.2, -0.15) is 0 Å². The first kappa shape index (κ1) is 18.5. The van der Waals surface area contributed by atoms with Gasteiger partial charge in [-0.3, -0.25) is 4.79 Å². The molecular weight excluding hydrogens is 378 g/mol. The van der Waals surface area contributed by atoms with Crippen LogP contribution in [0.3, 0.4) is 0 Å². The topological polar surface area (TPSA) is 97.4 Å². The van der Waals surface area contributed by atoms with Crippen LogP contribution in [0.1, 0.15) is 16.8 Å². The molecule has 0 bridgehead atoms. The Morgan fingerprint density at radius 2 is 2.12 bits per heavy atom. The number of carbonyl (C=O) groups excluding carboxylic acids is 1. The molecule has 0 saturated carbocycles. The van der Waals surface area contributed by atoms with Crippen LogP contribution in [0.5, 0.6) is 5.75 Å². The van der Waals surface area contributed by atoms with Crippen LogP contribution in [0.4, 0.5) is 11.5 Å². The van der Waals surface area contributed by atoms with Crippen molar-refractivity contribution < 1.29 is 17.9 Å². The number of hydrogen-bond donors (Lipinski definition) is 2. The lowest BCUT2D eigenvalue weighted by atomic mass is 10.2. The Labute approximate surface area is 156 Å². The first-order valence-corrected chi connectivity index (χ1v) is 10.1. The summed E-state index contributed by atoms with van der Waals surface area (Å²) in [6.07, 6.45) is 1.95. The van der Waals surface area contributed by atoms with Gasteiger partial charge in [-0.05, 0) is 36.8 Å². The minimum atomic E-state index is -3.04. The lowest BCUT2D eigenvalue weighted by Gasteiger charge is -2.12. The van der Waals surface area contributed by atoms with E-state index < -0.39 is 9.84 Å². The number of nitrogens with zero attached hydrogens (tertiary/aromatic N) is 1. The van der Waals surface area contributed by atoms with E-state index in [9.17, 15) is 13.2 Å². The zero-order valence-electron chi connectivity index (χ0n) is 14.0. The second-order valence-electron chi connectivity index (χ2n) is 5.98. The van der Waals surface area contributed by atoms with E-state index in [1.54, 1.807) is 30.3 Å². The Hall–Kier alpha value is -2.32. The zero-order valence-corrected chi connectivity index (χ0v) is 15.6. The van der Waals surface area contributed by atoms with E-state index in [0.717, 1.165) is 0 Å². The van der Waals surface area contributed by atoms with Crippen molar-refractivity contribution in [1.29, 1.82) is 0 Å². The summed E-state index contributed by atoms with van der Waals surface area (Å²) in [4.78, 5) is 16.5. The van der Waals surface area contributed by atoms with E-state index in [4.69, 9.17) is 16.3 Å². The van der Waals surface area contributed by atoms with Gasteiger partial charge in [0.2, 0.25) is 0 Å². The fourth-order valence-electron chi connectivity index (χ4n) is 2.71. The minimum Gasteiger partial charge on any atom is -0.495 e. The molecule has 1 aromatic heterocycles. The van der Waals surface area contributed by atoms with Crippen molar-refractivity contribution in [2.24, 2.45) is 0 Å². The SMILES string of the molecule is COc1ccc(Nc2cc(C(=O)NC3CCS(=O)(=O)C3)ccn2)cc1Cl. The van der Waals surface area contributed by atoms with Gasteiger partial charge in [0.1, 0.15) is 11.6 Å². The molecule has 1 aromatic carbocycles. The summed E-state index contributed by atoms with van der Waals surface area (Å²) in [5.41, 5.74) is 1.09. The number of ether oxygens (including phenoxy) is 1. The molecule has 0 radical (unpaired) electrons. The molecule has 0 aliphatic carbocycles. The Kier molecular flexibility index (Phi) is 5.33. The van der Waals surface area contributed by atoms with E-state index >= 15 is 0 Å². The van der Waals surface area contributed by atoms with E-state index in [1.165, 1.54) is 13.3 Å². The van der Waals surface area contributed by atoms with Crippen molar-refractivity contribution in [2.75, 3.05) is 23.9 Å². The Balaban J connectivity index is 1.70. The molecule has 1 atom stereocenters. The molecule has 2 aromatic rings. The number of benzene rings is 1. The quantitative estimate of drug-likeness (QED) is 0.806. The highest BCUT2D eigenvalue weighted by Gasteiger charge is 2.29. The molecule has 138 valence electrons. The fourth-order valence-corrected chi connectivity index (χ4v) is 4.64. The van der Waals surface area contributed by atoms with Crippen LogP contribution >= 0.6 is 11.6 Å². The third-order valence-electron chi connectivity index (χ3n) is 4.01. The summed E-state index contributed by atoms with van der Waals surface area (Å²) in [7, 11) is -1.51. The number of amides is 1. The largest absolute Gasteiger partial charge is 0.495 e. The van der Waals surface area contributed by atoms with Gasteiger partial charge in [0.25, 0.3) is 5.91 Å². The van der Waals surface area contributed by atoms with Crippen LogP contribution in [0.2, 0.25) is 5.02 Å². The lowest BCUT2D eigenvalue weighted by molar-refractivity contribution is 0.0941. The van der Waals surface area contributed by atoms with Gasteiger partial charge >= 0.3 is 0 Å². The monoisotopic (exact) mass is 395 g/mol. The van der Waals surface area contributed by atoms with Crippen molar-refractivity contribution in [3.8, 4) is 5.75 Å². The molecule has 1 fully saturated rings. The summed E-state index contributed by atoms with van der Waals surface area (Å²) >= 11 is 6.10. The molecule has 1 unspecified atom stereocenters. The molecule has 1 aliphatic heterocycles. The molecule has 1 amide bonds.